The molecule has 0 spiro atoms. The molecule has 0 aliphatic rings. The number of carbonyl (C=O) groups excluding carboxylic acids is 2. The second-order valence-corrected chi connectivity index (χ2v) is 7.58. The van der Waals surface area contributed by atoms with Gasteiger partial charge < -0.3 is 25.0 Å². The summed E-state index contributed by atoms with van der Waals surface area (Å²) in [6.07, 6.45) is -2.66. The average Bonchev–Trinajstić information content (AvgIpc) is 2.87. The number of alkyl carbamates (subject to hydrolysis) is 1. The Hall–Kier alpha value is -3.68. The second-order valence-electron chi connectivity index (χ2n) is 7.58. The molecule has 172 valence electrons. The van der Waals surface area contributed by atoms with Crippen LogP contribution in [0.4, 0.5) is 4.79 Å². The number of aliphatic hydroxyl groups is 2. The van der Waals surface area contributed by atoms with E-state index in [1.807, 2.05) is 42.5 Å². The Morgan fingerprint density at radius 3 is 1.70 bits per heavy atom. The molecule has 3 aromatic rings. The summed E-state index contributed by atoms with van der Waals surface area (Å²) >= 11 is 0. The van der Waals surface area contributed by atoms with Gasteiger partial charge in [0, 0.05) is 6.42 Å². The van der Waals surface area contributed by atoms with Crippen LogP contribution in [0.5, 0.6) is 0 Å². The van der Waals surface area contributed by atoms with Gasteiger partial charge in [0.15, 0.2) is 5.54 Å². The number of carbonyl (C=O) groups is 2. The second kappa shape index (κ2) is 11.8. The maximum absolute atomic E-state index is 13.3. The molecule has 2 atom stereocenters. The van der Waals surface area contributed by atoms with E-state index in [-0.39, 0.29) is 19.6 Å². The average molecular weight is 450 g/mol. The van der Waals surface area contributed by atoms with Gasteiger partial charge in [-0.25, -0.2) is 9.59 Å². The summed E-state index contributed by atoms with van der Waals surface area (Å²) in [6.45, 7) is -0.857. The SMILES string of the molecule is O=C(N[C@](Cc1ccccc1)(C(=O)OCc1ccccc1)[C@@H](O)CO)OCc1ccccc1. The summed E-state index contributed by atoms with van der Waals surface area (Å²) in [7, 11) is 0. The zero-order valence-electron chi connectivity index (χ0n) is 18.1. The van der Waals surface area contributed by atoms with Crippen LogP contribution >= 0.6 is 0 Å². The van der Waals surface area contributed by atoms with Crippen molar-refractivity contribution in [2.45, 2.75) is 31.3 Å². The molecule has 0 heterocycles. The number of amides is 1. The van der Waals surface area contributed by atoms with Crippen LogP contribution in [0.25, 0.3) is 0 Å². The van der Waals surface area contributed by atoms with E-state index in [1.165, 1.54) is 0 Å². The number of rotatable bonds is 10. The Balaban J connectivity index is 1.83. The fraction of sp³-hybridized carbons (Fsp3) is 0.231. The fourth-order valence-corrected chi connectivity index (χ4v) is 3.37. The van der Waals surface area contributed by atoms with Crippen molar-refractivity contribution in [1.29, 1.82) is 0 Å². The molecule has 1 amide bonds. The van der Waals surface area contributed by atoms with Crippen LogP contribution in [0.3, 0.4) is 0 Å². The predicted molar refractivity (Wildman–Crippen MR) is 122 cm³/mol. The van der Waals surface area contributed by atoms with Crippen LogP contribution in [-0.4, -0.2) is 40.5 Å². The Morgan fingerprint density at radius 1 is 0.758 bits per heavy atom. The van der Waals surface area contributed by atoms with Crippen LogP contribution in [0.2, 0.25) is 0 Å². The van der Waals surface area contributed by atoms with Crippen LogP contribution in [0.1, 0.15) is 16.7 Å². The summed E-state index contributed by atoms with van der Waals surface area (Å²) in [6, 6.07) is 26.9. The quantitative estimate of drug-likeness (QED) is 0.411. The Labute approximate surface area is 192 Å². The van der Waals surface area contributed by atoms with Gasteiger partial charge in [-0.2, -0.15) is 0 Å². The van der Waals surface area contributed by atoms with E-state index in [4.69, 9.17) is 9.47 Å². The minimum Gasteiger partial charge on any atom is -0.459 e. The van der Waals surface area contributed by atoms with Gasteiger partial charge in [-0.1, -0.05) is 91.0 Å². The third-order valence-corrected chi connectivity index (χ3v) is 5.18. The highest BCUT2D eigenvalue weighted by Crippen LogP contribution is 2.22. The first kappa shape index (κ1) is 24.0. The minimum atomic E-state index is -1.96. The van der Waals surface area contributed by atoms with Crippen molar-refractivity contribution < 1.29 is 29.3 Å². The molecule has 0 aromatic heterocycles. The molecule has 0 saturated heterocycles. The first-order chi connectivity index (χ1) is 16.0. The van der Waals surface area contributed by atoms with Crippen LogP contribution in [0, 0.1) is 0 Å². The van der Waals surface area contributed by atoms with E-state index in [1.54, 1.807) is 48.5 Å². The normalized spacial score (nSPS) is 13.4. The molecule has 0 bridgehead atoms. The fourth-order valence-electron chi connectivity index (χ4n) is 3.37. The molecular formula is C26H27NO6. The van der Waals surface area contributed by atoms with Crippen LogP contribution in [0.15, 0.2) is 91.0 Å². The first-order valence-corrected chi connectivity index (χ1v) is 10.6. The molecular weight excluding hydrogens is 422 g/mol. The lowest BCUT2D eigenvalue weighted by molar-refractivity contribution is -0.159. The molecule has 0 saturated carbocycles. The smallest absolute Gasteiger partial charge is 0.408 e. The number of hydrogen-bond donors (Lipinski definition) is 3. The van der Waals surface area contributed by atoms with Crippen molar-refractivity contribution in [3.63, 3.8) is 0 Å². The zero-order chi connectivity index (χ0) is 23.5. The molecule has 3 N–H and O–H groups in total. The van der Waals surface area contributed by atoms with Crippen molar-refractivity contribution in [3.8, 4) is 0 Å². The number of esters is 1. The third-order valence-electron chi connectivity index (χ3n) is 5.18. The van der Waals surface area contributed by atoms with Gasteiger partial charge in [-0.15, -0.1) is 0 Å². The zero-order valence-corrected chi connectivity index (χ0v) is 18.1. The molecule has 7 heteroatoms. The molecule has 7 nitrogen and oxygen atoms in total. The maximum Gasteiger partial charge on any atom is 0.408 e. The predicted octanol–water partition coefficient (Wildman–Crippen LogP) is 2.99. The number of nitrogens with one attached hydrogen (secondary N) is 1. The van der Waals surface area contributed by atoms with Gasteiger partial charge in [-0.05, 0) is 16.7 Å². The van der Waals surface area contributed by atoms with Crippen molar-refractivity contribution in [2.75, 3.05) is 6.61 Å². The van der Waals surface area contributed by atoms with Gasteiger partial charge in [0.25, 0.3) is 0 Å². The van der Waals surface area contributed by atoms with Gasteiger partial charge in [0.05, 0.1) is 6.61 Å². The lowest BCUT2D eigenvalue weighted by Crippen LogP contribution is -2.65. The van der Waals surface area contributed by atoms with E-state index >= 15 is 0 Å². The Bertz CT molecular complexity index is 1010. The summed E-state index contributed by atoms with van der Waals surface area (Å²) in [4.78, 5) is 26.0. The summed E-state index contributed by atoms with van der Waals surface area (Å²) in [5, 5.41) is 23.0. The highest BCUT2D eigenvalue weighted by atomic mass is 16.6. The molecule has 0 fully saturated rings. The standard InChI is InChI=1S/C26H27NO6/c28-17-23(29)26(16-20-10-4-1-5-11-20,24(30)32-18-21-12-6-2-7-13-21)27-25(31)33-19-22-14-8-3-9-15-22/h1-15,23,28-29H,16-19H2,(H,27,31)/t23-,26-/m0/s1. The molecule has 0 aliphatic carbocycles. The lowest BCUT2D eigenvalue weighted by Gasteiger charge is -2.35. The van der Waals surface area contributed by atoms with Crippen molar-refractivity contribution in [1.82, 2.24) is 5.32 Å². The molecule has 0 aliphatic heterocycles. The number of aliphatic hydroxyl groups excluding tert-OH is 2. The van der Waals surface area contributed by atoms with E-state index in [9.17, 15) is 19.8 Å². The Morgan fingerprint density at radius 2 is 1.21 bits per heavy atom. The lowest BCUT2D eigenvalue weighted by atomic mass is 9.85. The summed E-state index contributed by atoms with van der Waals surface area (Å²) < 4.78 is 10.8. The van der Waals surface area contributed by atoms with E-state index in [0.717, 1.165) is 11.1 Å². The van der Waals surface area contributed by atoms with Crippen molar-refractivity contribution in [2.24, 2.45) is 0 Å². The number of hydrogen-bond acceptors (Lipinski definition) is 6. The summed E-state index contributed by atoms with van der Waals surface area (Å²) in [5.41, 5.74) is 0.198. The van der Waals surface area contributed by atoms with Gasteiger partial charge >= 0.3 is 12.1 Å². The molecule has 0 unspecified atom stereocenters. The van der Waals surface area contributed by atoms with Crippen LogP contribution < -0.4 is 5.32 Å². The number of ether oxygens (including phenoxy) is 2. The molecule has 3 rings (SSSR count). The van der Waals surface area contributed by atoms with E-state index in [2.05, 4.69) is 5.32 Å². The number of benzene rings is 3. The Kier molecular flexibility index (Phi) is 8.57. The highest BCUT2D eigenvalue weighted by Gasteiger charge is 2.48. The first-order valence-electron chi connectivity index (χ1n) is 10.6. The highest BCUT2D eigenvalue weighted by molar-refractivity contribution is 5.87. The van der Waals surface area contributed by atoms with Gasteiger partial charge in [-0.3, -0.25) is 0 Å². The third kappa shape index (κ3) is 6.65. The largest absolute Gasteiger partial charge is 0.459 e. The topological polar surface area (TPSA) is 105 Å². The van der Waals surface area contributed by atoms with Gasteiger partial charge in [0.2, 0.25) is 0 Å². The van der Waals surface area contributed by atoms with Gasteiger partial charge in [0.1, 0.15) is 19.3 Å². The monoisotopic (exact) mass is 449 g/mol. The molecule has 3 aromatic carbocycles. The maximum atomic E-state index is 13.3. The molecule has 0 radical (unpaired) electrons. The summed E-state index contributed by atoms with van der Waals surface area (Å²) in [5.74, 6) is -0.881. The minimum absolute atomic E-state index is 0.0254. The van der Waals surface area contributed by atoms with Crippen molar-refractivity contribution >= 4 is 12.1 Å². The van der Waals surface area contributed by atoms with Crippen molar-refractivity contribution in [3.05, 3.63) is 108 Å². The van der Waals surface area contributed by atoms with Crippen LogP contribution in [-0.2, 0) is 33.9 Å². The van der Waals surface area contributed by atoms with E-state index in [0.29, 0.717) is 5.56 Å². The molecule has 33 heavy (non-hydrogen) atoms. The van der Waals surface area contributed by atoms with E-state index < -0.39 is 30.3 Å².